The maximum Gasteiger partial charge on any atom is 0.303 e. The number of hydrogen-bond donors (Lipinski definition) is 4. The summed E-state index contributed by atoms with van der Waals surface area (Å²) in [6, 6.07) is -0.745. The molecule has 3 amide bonds. The third-order valence-corrected chi connectivity index (χ3v) is 4.74. The molecule has 0 saturated heterocycles. The monoisotopic (exact) mass is 389 g/mol. The summed E-state index contributed by atoms with van der Waals surface area (Å²) in [6.07, 6.45) is -0.0758. The van der Waals surface area contributed by atoms with Gasteiger partial charge in [-0.1, -0.05) is 27.7 Å². The molecule has 0 aliphatic heterocycles. The second-order valence-corrected chi connectivity index (χ2v) is 8.11. The first-order valence-corrected chi connectivity index (χ1v) is 9.84. The molecule has 0 aromatic rings. The van der Waals surface area contributed by atoms with Crippen molar-refractivity contribution in [3.63, 3.8) is 0 Å². The van der Waals surface area contributed by atoms with E-state index in [4.69, 9.17) is 5.11 Å². The molecule has 26 heavy (non-hydrogen) atoms. The van der Waals surface area contributed by atoms with Gasteiger partial charge in [0.1, 0.15) is 6.04 Å². The molecule has 0 radical (unpaired) electrons. The van der Waals surface area contributed by atoms with Gasteiger partial charge in [-0.05, 0) is 11.2 Å². The first-order valence-electron chi connectivity index (χ1n) is 8.68. The van der Waals surface area contributed by atoms with Crippen LogP contribution in [0.3, 0.4) is 0 Å². The number of carboxylic acid groups (broad SMARTS) is 1. The number of carbonyl (C=O) groups excluding carboxylic acids is 3. The summed E-state index contributed by atoms with van der Waals surface area (Å²) in [5.41, 5.74) is 0.0867. The molecule has 0 aromatic carbocycles. The zero-order chi connectivity index (χ0) is 20.2. The van der Waals surface area contributed by atoms with E-state index >= 15 is 0 Å². The SMILES string of the molecule is CCC(=O)NCCNC(=O)[C@H](CSCC(C)(C)C)NC(=O)CCC(=O)O. The number of hydrogen-bond acceptors (Lipinski definition) is 5. The first-order chi connectivity index (χ1) is 12.0. The van der Waals surface area contributed by atoms with E-state index in [1.807, 2.05) is 0 Å². The number of rotatable bonds is 12. The Bertz CT molecular complexity index is 491. The summed E-state index contributed by atoms with van der Waals surface area (Å²) in [7, 11) is 0. The Balaban J connectivity index is 4.53. The topological polar surface area (TPSA) is 125 Å². The van der Waals surface area contributed by atoms with Crippen molar-refractivity contribution in [3.8, 4) is 0 Å². The van der Waals surface area contributed by atoms with Crippen LogP contribution in [-0.4, -0.2) is 59.4 Å². The van der Waals surface area contributed by atoms with Crippen LogP contribution in [0.1, 0.15) is 47.0 Å². The van der Waals surface area contributed by atoms with Crippen LogP contribution < -0.4 is 16.0 Å². The molecule has 0 aliphatic carbocycles. The van der Waals surface area contributed by atoms with Gasteiger partial charge in [-0.25, -0.2) is 0 Å². The number of carboxylic acids is 1. The molecule has 0 spiro atoms. The lowest BCUT2D eigenvalue weighted by Gasteiger charge is -2.21. The van der Waals surface area contributed by atoms with Crippen LogP contribution in [0.4, 0.5) is 0 Å². The van der Waals surface area contributed by atoms with Crippen LogP contribution in [0.25, 0.3) is 0 Å². The fourth-order valence-electron chi connectivity index (χ4n) is 1.79. The van der Waals surface area contributed by atoms with E-state index in [1.54, 1.807) is 18.7 Å². The molecule has 0 aromatic heterocycles. The second-order valence-electron chi connectivity index (χ2n) is 7.08. The Hall–Kier alpha value is -1.77. The van der Waals surface area contributed by atoms with Crippen molar-refractivity contribution in [2.75, 3.05) is 24.6 Å². The van der Waals surface area contributed by atoms with Crippen molar-refractivity contribution in [2.24, 2.45) is 5.41 Å². The van der Waals surface area contributed by atoms with Crippen LogP contribution in [0, 0.1) is 5.41 Å². The normalized spacial score (nSPS) is 12.2. The highest BCUT2D eigenvalue weighted by molar-refractivity contribution is 7.99. The molecule has 9 heteroatoms. The third kappa shape index (κ3) is 13.5. The van der Waals surface area contributed by atoms with Gasteiger partial charge in [-0.15, -0.1) is 0 Å². The van der Waals surface area contributed by atoms with Crippen molar-refractivity contribution in [2.45, 2.75) is 53.0 Å². The molecule has 0 bridgehead atoms. The van der Waals surface area contributed by atoms with Gasteiger partial charge in [0.25, 0.3) is 0 Å². The van der Waals surface area contributed by atoms with Crippen LogP contribution in [-0.2, 0) is 19.2 Å². The fourth-order valence-corrected chi connectivity index (χ4v) is 2.99. The Kier molecular flexibility index (Phi) is 11.7. The number of carbonyl (C=O) groups is 4. The lowest BCUT2D eigenvalue weighted by atomic mass is 10.0. The van der Waals surface area contributed by atoms with E-state index in [9.17, 15) is 19.2 Å². The summed E-state index contributed by atoms with van der Waals surface area (Å²) in [5.74, 6) is -0.769. The predicted molar refractivity (Wildman–Crippen MR) is 102 cm³/mol. The molecule has 0 heterocycles. The van der Waals surface area contributed by atoms with Crippen LogP contribution >= 0.6 is 11.8 Å². The van der Waals surface area contributed by atoms with E-state index in [0.29, 0.717) is 18.7 Å². The largest absolute Gasteiger partial charge is 0.481 e. The van der Waals surface area contributed by atoms with Gasteiger partial charge in [0.15, 0.2) is 0 Å². The van der Waals surface area contributed by atoms with Crippen molar-refractivity contribution in [1.29, 1.82) is 0 Å². The Morgan fingerprint density at radius 1 is 1.00 bits per heavy atom. The van der Waals surface area contributed by atoms with Crippen molar-refractivity contribution >= 4 is 35.5 Å². The van der Waals surface area contributed by atoms with E-state index in [1.165, 1.54) is 0 Å². The van der Waals surface area contributed by atoms with Gasteiger partial charge in [0.2, 0.25) is 17.7 Å². The van der Waals surface area contributed by atoms with E-state index in [0.717, 1.165) is 5.75 Å². The molecule has 0 aliphatic rings. The Morgan fingerprint density at radius 2 is 1.62 bits per heavy atom. The zero-order valence-electron chi connectivity index (χ0n) is 16.0. The summed E-state index contributed by atoms with van der Waals surface area (Å²) in [5, 5.41) is 16.6. The Labute approximate surface area is 159 Å². The number of nitrogens with one attached hydrogen (secondary N) is 3. The highest BCUT2D eigenvalue weighted by Crippen LogP contribution is 2.20. The summed E-state index contributed by atoms with van der Waals surface area (Å²) >= 11 is 1.55. The van der Waals surface area contributed by atoms with E-state index in [2.05, 4.69) is 36.7 Å². The van der Waals surface area contributed by atoms with E-state index in [-0.39, 0.29) is 36.6 Å². The average Bonchev–Trinajstić information content (AvgIpc) is 2.54. The molecule has 0 rings (SSSR count). The molecular weight excluding hydrogens is 358 g/mol. The molecule has 150 valence electrons. The van der Waals surface area contributed by atoms with Crippen LogP contribution in [0.2, 0.25) is 0 Å². The van der Waals surface area contributed by atoms with Gasteiger partial charge in [0.05, 0.1) is 6.42 Å². The van der Waals surface area contributed by atoms with E-state index < -0.39 is 17.9 Å². The minimum Gasteiger partial charge on any atom is -0.481 e. The standard InChI is InChI=1S/C17H31N3O5S/c1-5-13(21)18-8-9-19-16(25)12(10-26-11-17(2,3)4)20-14(22)6-7-15(23)24/h12H,5-11H2,1-4H3,(H,18,21)(H,19,25)(H,20,22)(H,23,24)/t12-/m0/s1. The summed E-state index contributed by atoms with van der Waals surface area (Å²) in [4.78, 5) is 45.9. The Morgan fingerprint density at radius 3 is 2.15 bits per heavy atom. The first kappa shape index (κ1) is 24.2. The van der Waals surface area contributed by atoms with Crippen LogP contribution in [0.5, 0.6) is 0 Å². The number of thioether (sulfide) groups is 1. The second kappa shape index (κ2) is 12.6. The molecule has 0 fully saturated rings. The highest BCUT2D eigenvalue weighted by atomic mass is 32.2. The summed E-state index contributed by atoms with van der Waals surface area (Å²) < 4.78 is 0. The van der Waals surface area contributed by atoms with Crippen LogP contribution in [0.15, 0.2) is 0 Å². The summed E-state index contributed by atoms with van der Waals surface area (Å²) in [6.45, 7) is 8.55. The van der Waals surface area contributed by atoms with Crippen molar-refractivity contribution in [1.82, 2.24) is 16.0 Å². The maximum atomic E-state index is 12.3. The average molecular weight is 390 g/mol. The van der Waals surface area contributed by atoms with Gasteiger partial charge in [-0.3, -0.25) is 19.2 Å². The van der Waals surface area contributed by atoms with Gasteiger partial charge < -0.3 is 21.1 Å². The lowest BCUT2D eigenvalue weighted by Crippen LogP contribution is -2.49. The lowest BCUT2D eigenvalue weighted by molar-refractivity contribution is -0.139. The van der Waals surface area contributed by atoms with Gasteiger partial charge in [-0.2, -0.15) is 11.8 Å². The minimum absolute atomic E-state index is 0.0867. The minimum atomic E-state index is -1.06. The number of aliphatic carboxylic acids is 1. The van der Waals surface area contributed by atoms with Crippen molar-refractivity contribution < 1.29 is 24.3 Å². The molecule has 4 N–H and O–H groups in total. The number of amides is 3. The quantitative estimate of drug-likeness (QED) is 0.365. The molecule has 8 nitrogen and oxygen atoms in total. The smallest absolute Gasteiger partial charge is 0.303 e. The maximum absolute atomic E-state index is 12.3. The zero-order valence-corrected chi connectivity index (χ0v) is 16.8. The highest BCUT2D eigenvalue weighted by Gasteiger charge is 2.22. The van der Waals surface area contributed by atoms with Gasteiger partial charge >= 0.3 is 5.97 Å². The molecular formula is C17H31N3O5S. The third-order valence-electron chi connectivity index (χ3n) is 3.10. The fraction of sp³-hybridized carbons (Fsp3) is 0.765. The molecule has 0 unspecified atom stereocenters. The predicted octanol–water partition coefficient (Wildman–Crippen LogP) is 0.758. The molecule has 0 saturated carbocycles. The molecule has 1 atom stereocenters. The van der Waals surface area contributed by atoms with Crippen molar-refractivity contribution in [3.05, 3.63) is 0 Å². The van der Waals surface area contributed by atoms with Gasteiger partial charge in [0, 0.05) is 31.7 Å².